The second-order valence-electron chi connectivity index (χ2n) is 5.06. The first kappa shape index (κ1) is 11.7. The van der Waals surface area contributed by atoms with Gasteiger partial charge in [0.25, 0.3) is 0 Å². The molecule has 0 radical (unpaired) electrons. The van der Waals surface area contributed by atoms with Crippen molar-refractivity contribution >= 4 is 22.0 Å². The van der Waals surface area contributed by atoms with Crippen LogP contribution in [0.15, 0.2) is 46.4 Å². The molecule has 0 spiro atoms. The molecule has 90 valence electrons. The molecule has 0 aromatic heterocycles. The maximum absolute atomic E-state index is 3.70. The monoisotopic (exact) mass is 298 g/mol. The number of halogens is 1. The summed E-state index contributed by atoms with van der Waals surface area (Å²) in [6, 6.07) is 13.3. The van der Waals surface area contributed by atoms with Crippen molar-refractivity contribution in [1.82, 2.24) is 0 Å². The van der Waals surface area contributed by atoms with Crippen molar-refractivity contribution < 1.29 is 0 Å². The molecule has 3 rings (SSSR count). The summed E-state index contributed by atoms with van der Waals surface area (Å²) in [4.78, 5) is 0. The summed E-state index contributed by atoms with van der Waals surface area (Å²) >= 11 is 3.70. The third-order valence-electron chi connectivity index (χ3n) is 3.46. The molecule has 0 amide bonds. The van der Waals surface area contributed by atoms with E-state index in [1.54, 1.807) is 0 Å². The van der Waals surface area contributed by atoms with Crippen LogP contribution in [0.2, 0.25) is 0 Å². The van der Waals surface area contributed by atoms with Gasteiger partial charge in [-0.1, -0.05) is 57.4 Å². The Morgan fingerprint density at radius 1 is 1.00 bits per heavy atom. The zero-order chi connectivity index (χ0) is 12.7. The first-order valence-electron chi connectivity index (χ1n) is 6.20. The van der Waals surface area contributed by atoms with Crippen molar-refractivity contribution in [3.05, 3.63) is 63.1 Å². The highest BCUT2D eigenvalue weighted by Gasteiger charge is 2.13. The summed E-state index contributed by atoms with van der Waals surface area (Å²) in [5, 5.41) is 0. The van der Waals surface area contributed by atoms with E-state index in [1.807, 2.05) is 0 Å². The minimum absolute atomic E-state index is 1.08. The molecule has 0 saturated heterocycles. The third kappa shape index (κ3) is 2.04. The fourth-order valence-electron chi connectivity index (χ4n) is 2.49. The second kappa shape index (κ2) is 4.40. The van der Waals surface area contributed by atoms with Gasteiger partial charge in [-0.15, -0.1) is 0 Å². The van der Waals surface area contributed by atoms with Crippen LogP contribution in [0.3, 0.4) is 0 Å². The van der Waals surface area contributed by atoms with E-state index < -0.39 is 0 Å². The Hall–Kier alpha value is -1.34. The van der Waals surface area contributed by atoms with Crippen LogP contribution in [0, 0.1) is 6.92 Å². The Balaban J connectivity index is 2.10. The van der Waals surface area contributed by atoms with Gasteiger partial charge in [-0.3, -0.25) is 0 Å². The normalized spacial score (nSPS) is 13.4. The molecular weight excluding hydrogens is 284 g/mol. The molecule has 1 heteroatoms. The van der Waals surface area contributed by atoms with Gasteiger partial charge in [0.2, 0.25) is 0 Å². The van der Waals surface area contributed by atoms with Crippen molar-refractivity contribution in [2.75, 3.05) is 0 Å². The van der Waals surface area contributed by atoms with Gasteiger partial charge >= 0.3 is 0 Å². The highest BCUT2D eigenvalue weighted by molar-refractivity contribution is 9.10. The third-order valence-corrected chi connectivity index (χ3v) is 4.12. The van der Waals surface area contributed by atoms with Gasteiger partial charge in [0.15, 0.2) is 0 Å². The first-order chi connectivity index (χ1) is 8.63. The van der Waals surface area contributed by atoms with Gasteiger partial charge in [-0.2, -0.15) is 0 Å². The molecule has 0 nitrogen and oxygen atoms in total. The lowest BCUT2D eigenvalue weighted by molar-refractivity contribution is 1.19. The van der Waals surface area contributed by atoms with Crippen LogP contribution in [0.4, 0.5) is 0 Å². The Labute approximate surface area is 116 Å². The standard InChI is InChI=1S/C17H15Br/c1-11-3-5-13(6-4-11)16-9-14-7-12(2)8-15(14)10-17(16)18/h3-6,8-10H,7H2,1-2H3. The highest BCUT2D eigenvalue weighted by Crippen LogP contribution is 2.35. The average molecular weight is 299 g/mol. The molecule has 18 heavy (non-hydrogen) atoms. The zero-order valence-corrected chi connectivity index (χ0v) is 12.2. The van der Waals surface area contributed by atoms with Gasteiger partial charge < -0.3 is 0 Å². The number of aryl methyl sites for hydroxylation is 1. The van der Waals surface area contributed by atoms with E-state index >= 15 is 0 Å². The Kier molecular flexibility index (Phi) is 2.87. The van der Waals surface area contributed by atoms with Gasteiger partial charge in [-0.25, -0.2) is 0 Å². The molecule has 0 aliphatic heterocycles. The molecule has 0 unspecified atom stereocenters. The van der Waals surface area contributed by atoms with Crippen LogP contribution in [0.1, 0.15) is 23.6 Å². The lowest BCUT2D eigenvalue weighted by Gasteiger charge is -2.09. The first-order valence-corrected chi connectivity index (χ1v) is 6.99. The second-order valence-corrected chi connectivity index (χ2v) is 5.92. The maximum atomic E-state index is 3.70. The molecule has 0 fully saturated rings. The van der Waals surface area contributed by atoms with E-state index in [9.17, 15) is 0 Å². The number of rotatable bonds is 1. The Morgan fingerprint density at radius 3 is 2.44 bits per heavy atom. The number of fused-ring (bicyclic) bond motifs is 1. The summed E-state index contributed by atoms with van der Waals surface area (Å²) < 4.78 is 1.18. The quantitative estimate of drug-likeness (QED) is 0.663. The largest absolute Gasteiger partial charge is 0.0683 e. The molecule has 1 aliphatic carbocycles. The summed E-state index contributed by atoms with van der Waals surface area (Å²) in [5.74, 6) is 0. The minimum atomic E-state index is 1.08. The van der Waals surface area contributed by atoms with Gasteiger partial charge in [0, 0.05) is 4.47 Å². The lowest BCUT2D eigenvalue weighted by atomic mass is 9.99. The van der Waals surface area contributed by atoms with Crippen LogP contribution < -0.4 is 0 Å². The van der Waals surface area contributed by atoms with E-state index in [-0.39, 0.29) is 0 Å². The lowest BCUT2D eigenvalue weighted by Crippen LogP contribution is -1.87. The molecule has 0 bridgehead atoms. The van der Waals surface area contributed by atoms with Crippen LogP contribution in [-0.4, -0.2) is 0 Å². The predicted octanol–water partition coefficient (Wildman–Crippen LogP) is 5.38. The van der Waals surface area contributed by atoms with Gasteiger partial charge in [0.05, 0.1) is 0 Å². The van der Waals surface area contributed by atoms with Crippen molar-refractivity contribution in [3.63, 3.8) is 0 Å². The SMILES string of the molecule is CC1=Cc2cc(Br)c(-c3ccc(C)cc3)cc2C1. The number of hydrogen-bond acceptors (Lipinski definition) is 0. The van der Waals surface area contributed by atoms with E-state index in [1.165, 1.54) is 37.9 Å². The topological polar surface area (TPSA) is 0 Å². The summed E-state index contributed by atoms with van der Waals surface area (Å²) in [5.41, 5.74) is 8.10. The minimum Gasteiger partial charge on any atom is -0.0683 e. The molecular formula is C17H15Br. The molecule has 1 aliphatic rings. The summed E-state index contributed by atoms with van der Waals surface area (Å²) in [7, 11) is 0. The molecule has 2 aromatic carbocycles. The van der Waals surface area contributed by atoms with E-state index in [4.69, 9.17) is 0 Å². The van der Waals surface area contributed by atoms with Crippen molar-refractivity contribution in [2.24, 2.45) is 0 Å². The highest BCUT2D eigenvalue weighted by atomic mass is 79.9. The van der Waals surface area contributed by atoms with Crippen LogP contribution >= 0.6 is 15.9 Å². The van der Waals surface area contributed by atoms with Crippen LogP contribution in [0.25, 0.3) is 17.2 Å². The van der Waals surface area contributed by atoms with Gasteiger partial charge in [0.1, 0.15) is 0 Å². The van der Waals surface area contributed by atoms with Crippen LogP contribution in [-0.2, 0) is 6.42 Å². The fraction of sp³-hybridized carbons (Fsp3) is 0.176. The fourth-order valence-corrected chi connectivity index (χ4v) is 3.08. The Morgan fingerprint density at radius 2 is 1.72 bits per heavy atom. The molecule has 0 saturated carbocycles. The Bertz CT molecular complexity index is 633. The molecule has 2 aromatic rings. The number of allylic oxidation sites excluding steroid dienone is 1. The zero-order valence-electron chi connectivity index (χ0n) is 10.6. The van der Waals surface area contributed by atoms with Crippen molar-refractivity contribution in [3.8, 4) is 11.1 Å². The van der Waals surface area contributed by atoms with E-state index in [0.717, 1.165) is 6.42 Å². The van der Waals surface area contributed by atoms with Gasteiger partial charge in [-0.05, 0) is 54.7 Å². The molecule has 0 heterocycles. The number of hydrogen-bond donors (Lipinski definition) is 0. The average Bonchev–Trinajstić information content (AvgIpc) is 2.68. The smallest absolute Gasteiger partial charge is 0.0259 e. The molecule has 0 N–H and O–H groups in total. The summed E-state index contributed by atoms with van der Waals surface area (Å²) in [6.45, 7) is 4.31. The van der Waals surface area contributed by atoms with Crippen LogP contribution in [0.5, 0.6) is 0 Å². The van der Waals surface area contributed by atoms with E-state index in [2.05, 4.69) is 72.3 Å². The van der Waals surface area contributed by atoms with E-state index in [0.29, 0.717) is 0 Å². The molecule has 0 atom stereocenters. The van der Waals surface area contributed by atoms with Crippen molar-refractivity contribution in [2.45, 2.75) is 20.3 Å². The number of benzene rings is 2. The summed E-state index contributed by atoms with van der Waals surface area (Å²) in [6.07, 6.45) is 3.36. The predicted molar refractivity (Wildman–Crippen MR) is 81.7 cm³/mol. The van der Waals surface area contributed by atoms with Crippen molar-refractivity contribution in [1.29, 1.82) is 0 Å². The maximum Gasteiger partial charge on any atom is 0.0259 e.